The second-order valence-electron chi connectivity index (χ2n) is 3.84. The number of carbonyl (C=O) groups excluding carboxylic acids is 2. The van der Waals surface area contributed by atoms with Crippen molar-refractivity contribution in [2.24, 2.45) is 0 Å². The Labute approximate surface area is 80.7 Å². The Hall–Kier alpha value is -1.48. The molecule has 3 heteroatoms. The van der Waals surface area contributed by atoms with Gasteiger partial charge in [0.15, 0.2) is 23.3 Å². The normalized spacial score (nSPS) is 33.6. The first-order chi connectivity index (χ1) is 6.64. The number of epoxide rings is 1. The van der Waals surface area contributed by atoms with Crippen LogP contribution in [0.25, 0.3) is 0 Å². The third-order valence-corrected chi connectivity index (χ3v) is 2.93. The lowest BCUT2D eigenvalue weighted by Gasteiger charge is -2.14. The summed E-state index contributed by atoms with van der Waals surface area (Å²) in [5, 5.41) is 0. The molecule has 0 aromatic heterocycles. The highest BCUT2D eigenvalue weighted by atomic mass is 16.6. The highest BCUT2D eigenvalue weighted by molar-refractivity contribution is 6.22. The monoisotopic (exact) mass is 188 g/mol. The minimum atomic E-state index is -0.870. The van der Waals surface area contributed by atoms with Gasteiger partial charge in [-0.3, -0.25) is 9.59 Å². The molecule has 14 heavy (non-hydrogen) atoms. The van der Waals surface area contributed by atoms with E-state index in [1.54, 1.807) is 31.2 Å². The van der Waals surface area contributed by atoms with Crippen LogP contribution in [0.15, 0.2) is 24.3 Å². The molecule has 1 aliphatic heterocycles. The third-order valence-electron chi connectivity index (χ3n) is 2.93. The van der Waals surface area contributed by atoms with E-state index in [4.69, 9.17) is 4.74 Å². The summed E-state index contributed by atoms with van der Waals surface area (Å²) in [6, 6.07) is 6.88. The van der Waals surface area contributed by atoms with Crippen LogP contribution in [0, 0.1) is 0 Å². The smallest absolute Gasteiger partial charge is 0.198 e. The summed E-state index contributed by atoms with van der Waals surface area (Å²) in [4.78, 5) is 23.6. The van der Waals surface area contributed by atoms with E-state index < -0.39 is 11.7 Å². The molecule has 0 amide bonds. The molecule has 70 valence electrons. The van der Waals surface area contributed by atoms with Crippen molar-refractivity contribution in [1.82, 2.24) is 0 Å². The van der Waals surface area contributed by atoms with Crippen molar-refractivity contribution in [3.8, 4) is 0 Å². The third kappa shape index (κ3) is 0.715. The molecule has 0 spiro atoms. The number of carbonyl (C=O) groups is 2. The maximum atomic E-state index is 11.8. The first kappa shape index (κ1) is 7.88. The Kier molecular flexibility index (Phi) is 1.19. The van der Waals surface area contributed by atoms with Gasteiger partial charge in [0.1, 0.15) is 0 Å². The van der Waals surface area contributed by atoms with Gasteiger partial charge in [-0.15, -0.1) is 0 Å². The Bertz CT molecular complexity index is 463. The molecule has 1 aromatic carbocycles. The van der Waals surface area contributed by atoms with Crippen molar-refractivity contribution in [2.75, 3.05) is 0 Å². The standard InChI is InChI=1S/C11H8O3/c1-11-9(13)7-5-3-2-4-6(7)8(12)10(11)14-11/h2-5,10H,1H3/t10-,11+/m1/s1. The zero-order valence-corrected chi connectivity index (χ0v) is 7.61. The van der Waals surface area contributed by atoms with Crippen LogP contribution in [0.1, 0.15) is 27.6 Å². The number of hydrogen-bond donors (Lipinski definition) is 0. The second-order valence-corrected chi connectivity index (χ2v) is 3.84. The van der Waals surface area contributed by atoms with E-state index in [0.717, 1.165) is 0 Å². The van der Waals surface area contributed by atoms with Gasteiger partial charge in [-0.25, -0.2) is 0 Å². The van der Waals surface area contributed by atoms with Crippen LogP contribution in [-0.4, -0.2) is 23.3 Å². The molecular formula is C11H8O3. The number of fused-ring (bicyclic) bond motifs is 2. The minimum absolute atomic E-state index is 0.0669. The zero-order valence-electron chi connectivity index (χ0n) is 7.61. The average molecular weight is 188 g/mol. The largest absolute Gasteiger partial charge is 0.349 e. The number of rotatable bonds is 0. The van der Waals surface area contributed by atoms with Gasteiger partial charge >= 0.3 is 0 Å². The van der Waals surface area contributed by atoms with Crippen LogP contribution in [0.5, 0.6) is 0 Å². The van der Waals surface area contributed by atoms with E-state index in [-0.39, 0.29) is 11.6 Å². The topological polar surface area (TPSA) is 46.7 Å². The highest BCUT2D eigenvalue weighted by Crippen LogP contribution is 2.45. The molecule has 0 radical (unpaired) electrons. The minimum Gasteiger partial charge on any atom is -0.349 e. The van der Waals surface area contributed by atoms with E-state index in [0.29, 0.717) is 11.1 Å². The highest BCUT2D eigenvalue weighted by Gasteiger charge is 2.65. The Morgan fingerprint density at radius 3 is 2.57 bits per heavy atom. The fourth-order valence-electron chi connectivity index (χ4n) is 1.99. The van der Waals surface area contributed by atoms with Gasteiger partial charge in [-0.1, -0.05) is 24.3 Å². The Balaban J connectivity index is 2.27. The number of ether oxygens (including phenoxy) is 1. The average Bonchev–Trinajstić information content (AvgIpc) is 2.89. The predicted octanol–water partition coefficient (Wildman–Crippen LogP) is 1.22. The number of hydrogen-bond acceptors (Lipinski definition) is 3. The summed E-state index contributed by atoms with van der Waals surface area (Å²) in [6.07, 6.45) is -0.537. The predicted molar refractivity (Wildman–Crippen MR) is 48.4 cm³/mol. The molecule has 2 atom stereocenters. The fraction of sp³-hybridized carbons (Fsp3) is 0.273. The van der Waals surface area contributed by atoms with Gasteiger partial charge in [-0.2, -0.15) is 0 Å². The molecule has 0 unspecified atom stereocenters. The molecule has 3 nitrogen and oxygen atoms in total. The van der Waals surface area contributed by atoms with Crippen molar-refractivity contribution in [3.63, 3.8) is 0 Å². The van der Waals surface area contributed by atoms with Crippen molar-refractivity contribution in [1.29, 1.82) is 0 Å². The first-order valence-electron chi connectivity index (χ1n) is 4.50. The number of ketones is 2. The van der Waals surface area contributed by atoms with Crippen LogP contribution < -0.4 is 0 Å². The molecule has 0 saturated carbocycles. The maximum Gasteiger partial charge on any atom is 0.198 e. The van der Waals surface area contributed by atoms with Crippen molar-refractivity contribution in [3.05, 3.63) is 35.4 Å². The number of Topliss-reactive ketones (excluding diaryl/α,β-unsaturated/α-hetero) is 2. The summed E-state index contributed by atoms with van der Waals surface area (Å²) in [5.41, 5.74) is 0.122. The first-order valence-corrected chi connectivity index (χ1v) is 4.50. The van der Waals surface area contributed by atoms with Crippen LogP contribution in [-0.2, 0) is 4.74 Å². The van der Waals surface area contributed by atoms with E-state index >= 15 is 0 Å². The second kappa shape index (κ2) is 2.12. The van der Waals surface area contributed by atoms with Crippen LogP contribution in [0.4, 0.5) is 0 Å². The molecule has 3 rings (SSSR count). The van der Waals surface area contributed by atoms with Gasteiger partial charge in [0.25, 0.3) is 0 Å². The van der Waals surface area contributed by atoms with Crippen LogP contribution >= 0.6 is 0 Å². The summed E-state index contributed by atoms with van der Waals surface area (Å²) in [5.74, 6) is -0.139. The van der Waals surface area contributed by atoms with Crippen molar-refractivity contribution >= 4 is 11.6 Å². The van der Waals surface area contributed by atoms with Crippen LogP contribution in [0.3, 0.4) is 0 Å². The quantitative estimate of drug-likeness (QED) is 0.575. The summed E-state index contributed by atoms with van der Waals surface area (Å²) < 4.78 is 5.17. The fourth-order valence-corrected chi connectivity index (χ4v) is 1.99. The van der Waals surface area contributed by atoms with Crippen LogP contribution in [0.2, 0.25) is 0 Å². The molecular weight excluding hydrogens is 180 g/mol. The molecule has 0 N–H and O–H groups in total. The molecule has 2 aliphatic rings. The summed E-state index contributed by atoms with van der Waals surface area (Å²) in [6.45, 7) is 1.67. The lowest BCUT2D eigenvalue weighted by molar-refractivity contribution is 0.0874. The van der Waals surface area contributed by atoms with Gasteiger partial charge in [-0.05, 0) is 6.92 Å². The molecule has 0 bridgehead atoms. The molecule has 1 fully saturated rings. The van der Waals surface area contributed by atoms with Crippen molar-refractivity contribution < 1.29 is 14.3 Å². The van der Waals surface area contributed by atoms with E-state index in [1.807, 2.05) is 0 Å². The van der Waals surface area contributed by atoms with Gasteiger partial charge in [0, 0.05) is 11.1 Å². The maximum absolute atomic E-state index is 11.8. The zero-order chi connectivity index (χ0) is 9.92. The van der Waals surface area contributed by atoms with Gasteiger partial charge < -0.3 is 4.74 Å². The van der Waals surface area contributed by atoms with E-state index in [2.05, 4.69) is 0 Å². The molecule has 1 aliphatic carbocycles. The van der Waals surface area contributed by atoms with Gasteiger partial charge in [0.05, 0.1) is 0 Å². The molecule has 1 heterocycles. The molecule has 1 saturated heterocycles. The van der Waals surface area contributed by atoms with Gasteiger partial charge in [0.2, 0.25) is 0 Å². The summed E-state index contributed by atoms with van der Waals surface area (Å²) >= 11 is 0. The van der Waals surface area contributed by atoms with E-state index in [1.165, 1.54) is 0 Å². The Morgan fingerprint density at radius 1 is 1.21 bits per heavy atom. The SMILES string of the molecule is C[C@@]12O[C@@H]1C(=O)c1ccccc1C2=O. The Morgan fingerprint density at radius 2 is 1.86 bits per heavy atom. The van der Waals surface area contributed by atoms with Crippen molar-refractivity contribution in [2.45, 2.75) is 18.6 Å². The molecule has 1 aromatic rings. The summed E-state index contributed by atoms with van der Waals surface area (Å²) in [7, 11) is 0. The lowest BCUT2D eigenvalue weighted by atomic mass is 9.83. The van der Waals surface area contributed by atoms with E-state index in [9.17, 15) is 9.59 Å². The lowest BCUT2D eigenvalue weighted by Crippen LogP contribution is -2.34. The number of benzene rings is 1.